The molecule has 2 aromatic heterocycles. The summed E-state index contributed by atoms with van der Waals surface area (Å²) in [4.78, 5) is 0. The van der Waals surface area contributed by atoms with Gasteiger partial charge >= 0.3 is 0 Å². The second kappa shape index (κ2) is 12.0. The Morgan fingerprint density at radius 1 is 0.538 bits per heavy atom. The molecule has 0 radical (unpaired) electrons. The number of nitrogens with zero attached hydrogens (tertiary/aromatic N) is 1. The van der Waals surface area contributed by atoms with E-state index in [2.05, 4.69) is 193 Å². The topological polar surface area (TPSA) is 30.1 Å². The maximum Gasteiger partial charge on any atom is 0.143 e. The second-order valence-corrected chi connectivity index (χ2v) is 14.1. The Morgan fingerprint density at radius 3 is 2.02 bits per heavy atom. The van der Waals surface area contributed by atoms with Gasteiger partial charge in [0.25, 0.3) is 0 Å². The highest BCUT2D eigenvalue weighted by Gasteiger charge is 2.24. The van der Waals surface area contributed by atoms with E-state index in [4.69, 9.17) is 4.42 Å². The van der Waals surface area contributed by atoms with Crippen LogP contribution in [0.3, 0.4) is 0 Å². The van der Waals surface area contributed by atoms with Crippen molar-refractivity contribution in [1.29, 1.82) is 0 Å². The molecule has 9 aromatic rings. The van der Waals surface area contributed by atoms with Crippen LogP contribution in [0.1, 0.15) is 13.3 Å². The summed E-state index contributed by atoms with van der Waals surface area (Å²) in [6, 6.07) is 56.7. The third kappa shape index (κ3) is 5.05. The molecule has 0 amide bonds. The summed E-state index contributed by atoms with van der Waals surface area (Å²) in [6.45, 7) is 2.25. The van der Waals surface area contributed by atoms with Crippen LogP contribution in [0.25, 0.3) is 82.8 Å². The monoisotopic (exact) mass is 668 g/mol. The minimum Gasteiger partial charge on any atom is -0.455 e. The SMILES string of the molecule is CC1(Nc2ccc(-c3ccc(-c4ccc5c(c4)c4ccccc4n5-c4ccccc4)cc3)cc2-c2cccc3c2oc2ccccc23)C=CC=CC1. The molecular weight excluding hydrogens is 633 g/mol. The lowest BCUT2D eigenvalue weighted by Crippen LogP contribution is -2.32. The van der Waals surface area contributed by atoms with Crippen molar-refractivity contribution in [2.24, 2.45) is 0 Å². The molecule has 1 unspecified atom stereocenters. The van der Waals surface area contributed by atoms with Crippen molar-refractivity contribution in [1.82, 2.24) is 4.57 Å². The quantitative estimate of drug-likeness (QED) is 0.191. The largest absolute Gasteiger partial charge is 0.455 e. The van der Waals surface area contributed by atoms with Gasteiger partial charge in [0.2, 0.25) is 0 Å². The van der Waals surface area contributed by atoms with Gasteiger partial charge in [-0.05, 0) is 84.1 Å². The predicted octanol–water partition coefficient (Wildman–Crippen LogP) is 13.4. The van der Waals surface area contributed by atoms with Crippen molar-refractivity contribution < 1.29 is 4.42 Å². The van der Waals surface area contributed by atoms with Crippen molar-refractivity contribution in [2.45, 2.75) is 18.9 Å². The van der Waals surface area contributed by atoms with Gasteiger partial charge in [-0.3, -0.25) is 0 Å². The number of furan rings is 1. The standard InChI is InChI=1S/C49H36N2O/c1-49(29-10-3-11-30-49)50-44-27-25-35(31-42(44)41-18-12-17-40-39-16-7-9-20-47(39)52-48(40)41)33-21-23-34(24-22-33)36-26-28-46-43(32-36)38-15-6-8-19-45(38)51(46)37-13-4-2-5-14-37/h2-29,31-32,50H,30H2,1H3. The van der Waals surface area contributed by atoms with E-state index in [9.17, 15) is 0 Å². The molecule has 1 N–H and O–H groups in total. The number of fused-ring (bicyclic) bond motifs is 6. The highest BCUT2D eigenvalue weighted by atomic mass is 16.3. The fraction of sp³-hybridized carbons (Fsp3) is 0.0612. The maximum atomic E-state index is 6.55. The first kappa shape index (κ1) is 30.3. The molecule has 0 bridgehead atoms. The zero-order chi connectivity index (χ0) is 34.6. The molecule has 248 valence electrons. The van der Waals surface area contributed by atoms with E-state index in [-0.39, 0.29) is 5.54 Å². The van der Waals surface area contributed by atoms with Gasteiger partial charge < -0.3 is 14.3 Å². The lowest BCUT2D eigenvalue weighted by atomic mass is 9.90. The Bertz CT molecular complexity index is 2850. The number of nitrogens with one attached hydrogen (secondary N) is 1. The van der Waals surface area contributed by atoms with Crippen molar-refractivity contribution in [3.05, 3.63) is 182 Å². The van der Waals surface area contributed by atoms with Crippen molar-refractivity contribution in [3.63, 3.8) is 0 Å². The maximum absolute atomic E-state index is 6.55. The first-order valence-corrected chi connectivity index (χ1v) is 18.0. The molecule has 0 aliphatic heterocycles. The molecular formula is C49H36N2O. The average molecular weight is 669 g/mol. The summed E-state index contributed by atoms with van der Waals surface area (Å²) in [5, 5.41) is 8.67. The zero-order valence-corrected chi connectivity index (χ0v) is 28.9. The zero-order valence-electron chi connectivity index (χ0n) is 28.9. The molecule has 1 atom stereocenters. The van der Waals surface area contributed by atoms with Crippen molar-refractivity contribution in [3.8, 4) is 39.1 Å². The van der Waals surface area contributed by atoms with E-state index >= 15 is 0 Å². The van der Waals surface area contributed by atoms with E-state index in [1.165, 1.54) is 44.2 Å². The fourth-order valence-electron chi connectivity index (χ4n) is 8.01. The van der Waals surface area contributed by atoms with Crippen LogP contribution in [0, 0.1) is 0 Å². The number of para-hydroxylation sites is 4. The van der Waals surface area contributed by atoms with E-state index < -0.39 is 0 Å². The van der Waals surface area contributed by atoms with E-state index in [0.717, 1.165) is 50.7 Å². The van der Waals surface area contributed by atoms with Crippen LogP contribution in [0.4, 0.5) is 5.69 Å². The first-order valence-electron chi connectivity index (χ1n) is 18.0. The molecule has 0 fully saturated rings. The van der Waals surface area contributed by atoms with Gasteiger partial charge in [0.1, 0.15) is 11.2 Å². The summed E-state index contributed by atoms with van der Waals surface area (Å²) in [7, 11) is 0. The lowest BCUT2D eigenvalue weighted by molar-refractivity contribution is 0.641. The molecule has 0 saturated heterocycles. The number of aromatic nitrogens is 1. The number of anilines is 1. The summed E-state index contributed by atoms with van der Waals surface area (Å²) in [5.41, 5.74) is 13.2. The average Bonchev–Trinajstić information content (AvgIpc) is 3.74. The van der Waals surface area contributed by atoms with Crippen LogP contribution in [0.15, 0.2) is 186 Å². The van der Waals surface area contributed by atoms with E-state index in [1.807, 2.05) is 6.07 Å². The van der Waals surface area contributed by atoms with Crippen LogP contribution in [-0.4, -0.2) is 10.1 Å². The highest BCUT2D eigenvalue weighted by Crippen LogP contribution is 2.42. The Balaban J connectivity index is 1.06. The summed E-state index contributed by atoms with van der Waals surface area (Å²) in [6.07, 6.45) is 9.64. The molecule has 7 aromatic carbocycles. The Kier molecular flexibility index (Phi) is 7.00. The second-order valence-electron chi connectivity index (χ2n) is 14.1. The predicted molar refractivity (Wildman–Crippen MR) is 219 cm³/mol. The molecule has 3 heteroatoms. The Labute approximate surface area is 302 Å². The van der Waals surface area contributed by atoms with Gasteiger partial charge in [-0.25, -0.2) is 0 Å². The minimum absolute atomic E-state index is 0.192. The third-order valence-corrected chi connectivity index (χ3v) is 10.6. The molecule has 3 nitrogen and oxygen atoms in total. The van der Waals surface area contributed by atoms with E-state index in [1.54, 1.807) is 0 Å². The third-order valence-electron chi connectivity index (χ3n) is 10.6. The van der Waals surface area contributed by atoms with Gasteiger partial charge in [0.05, 0.1) is 16.6 Å². The van der Waals surface area contributed by atoms with Crippen LogP contribution in [0.2, 0.25) is 0 Å². The van der Waals surface area contributed by atoms with Crippen molar-refractivity contribution >= 4 is 49.4 Å². The summed E-state index contributed by atoms with van der Waals surface area (Å²) < 4.78 is 8.91. The number of benzene rings is 7. The Hall–Kier alpha value is -6.58. The first-order chi connectivity index (χ1) is 25.6. The van der Waals surface area contributed by atoms with Crippen LogP contribution in [0.5, 0.6) is 0 Å². The molecule has 52 heavy (non-hydrogen) atoms. The molecule has 1 aliphatic carbocycles. The van der Waals surface area contributed by atoms with Gasteiger partial charge in [-0.15, -0.1) is 0 Å². The van der Waals surface area contributed by atoms with Crippen molar-refractivity contribution in [2.75, 3.05) is 5.32 Å². The number of hydrogen-bond donors (Lipinski definition) is 1. The molecule has 0 spiro atoms. The smallest absolute Gasteiger partial charge is 0.143 e. The van der Waals surface area contributed by atoms with Gasteiger partial charge in [-0.2, -0.15) is 0 Å². The van der Waals surface area contributed by atoms with Crippen LogP contribution < -0.4 is 5.32 Å². The Morgan fingerprint density at radius 2 is 1.21 bits per heavy atom. The van der Waals surface area contributed by atoms with Gasteiger partial charge in [0, 0.05) is 44.0 Å². The van der Waals surface area contributed by atoms with E-state index in [0.29, 0.717) is 0 Å². The van der Waals surface area contributed by atoms with Gasteiger partial charge in [-0.1, -0.05) is 133 Å². The summed E-state index contributed by atoms with van der Waals surface area (Å²) in [5.74, 6) is 0. The number of rotatable bonds is 6. The molecule has 2 heterocycles. The molecule has 1 aliphatic rings. The normalized spacial score (nSPS) is 15.6. The highest BCUT2D eigenvalue weighted by molar-refractivity contribution is 6.11. The number of hydrogen-bond acceptors (Lipinski definition) is 2. The minimum atomic E-state index is -0.192. The van der Waals surface area contributed by atoms with Crippen LogP contribution in [-0.2, 0) is 0 Å². The van der Waals surface area contributed by atoms with Crippen LogP contribution >= 0.6 is 0 Å². The lowest BCUT2D eigenvalue weighted by Gasteiger charge is -2.30. The molecule has 0 saturated carbocycles. The van der Waals surface area contributed by atoms with Gasteiger partial charge in [0.15, 0.2) is 0 Å². The molecule has 10 rings (SSSR count). The fourth-order valence-corrected chi connectivity index (χ4v) is 8.01. The summed E-state index contributed by atoms with van der Waals surface area (Å²) >= 11 is 0. The number of allylic oxidation sites excluding steroid dienone is 2.